The van der Waals surface area contributed by atoms with E-state index < -0.39 is 30.1 Å². The van der Waals surface area contributed by atoms with Crippen molar-refractivity contribution < 1.29 is 29.0 Å². The average molecular weight is 868 g/mol. The maximum atomic E-state index is 14.1. The van der Waals surface area contributed by atoms with Crippen LogP contribution in [-0.4, -0.2) is 46.4 Å². The van der Waals surface area contributed by atoms with Gasteiger partial charge >= 0.3 is 5.97 Å². The number of nitrogens with zero attached hydrogens (tertiary/aromatic N) is 2. The summed E-state index contributed by atoms with van der Waals surface area (Å²) in [4.78, 5) is 42.0. The SMILES string of the molecule is N#Cc1ccc(-c2ccc(CC(NC(=O)[C@@H]3Cc4cc5c(cc4CN3CC#Cc3ccsc3)O[C@@H](c3ccc(OCc4ccc(Cl)c(Cl)c4)cc3)C(=O)N5)C(=O)O)cc2)cc1. The molecule has 0 saturated carbocycles. The van der Waals surface area contributed by atoms with Gasteiger partial charge in [-0.2, -0.15) is 16.6 Å². The highest BCUT2D eigenvalue weighted by molar-refractivity contribution is 7.08. The molecule has 3 N–H and O–H groups in total. The maximum Gasteiger partial charge on any atom is 0.326 e. The molecule has 10 nitrogen and oxygen atoms in total. The zero-order chi connectivity index (χ0) is 42.5. The Labute approximate surface area is 366 Å². The van der Waals surface area contributed by atoms with Crippen LogP contribution < -0.4 is 20.1 Å². The normalized spacial score (nSPS) is 16.0. The molecule has 2 amide bonds. The lowest BCUT2D eigenvalue weighted by atomic mass is 9.91. The largest absolute Gasteiger partial charge is 0.489 e. The standard InChI is InChI=1S/C48H36Cl2N4O6S/c49-39-16-7-32(20-40(39)50)27-59-38-14-12-35(13-15-38)45-47(56)52-41-22-36-23-43(54(26-37(36)24-44(41)60-45)18-1-2-31-17-19-61-28-31)46(55)53-42(48(57)58)21-29-3-8-33(9-4-29)34-10-5-30(25-51)6-11-34/h3-17,19-20,22,24,28,42-43,45H,18,21,23,26-27H2,(H,52,56)(H,53,55)(H,57,58)/t42?,43-,45-/m0/s1. The number of rotatable bonds is 11. The number of carbonyl (C=O) groups is 3. The fourth-order valence-electron chi connectivity index (χ4n) is 7.28. The van der Waals surface area contributed by atoms with Gasteiger partial charge in [0.1, 0.15) is 24.1 Å². The number of carbonyl (C=O) groups excluding carboxylic acids is 2. The Morgan fingerprint density at radius 3 is 2.34 bits per heavy atom. The highest BCUT2D eigenvalue weighted by Crippen LogP contribution is 2.40. The van der Waals surface area contributed by atoms with Crippen LogP contribution in [-0.2, 0) is 40.4 Å². The van der Waals surface area contributed by atoms with Crippen LogP contribution in [0.25, 0.3) is 11.1 Å². The van der Waals surface area contributed by atoms with Crippen LogP contribution in [0.5, 0.6) is 11.5 Å². The lowest BCUT2D eigenvalue weighted by molar-refractivity contribution is -0.142. The minimum absolute atomic E-state index is 0.0719. The molecule has 0 saturated heterocycles. The van der Waals surface area contributed by atoms with Gasteiger partial charge in [0.25, 0.3) is 5.91 Å². The Kier molecular flexibility index (Phi) is 12.4. The molecular formula is C48H36Cl2N4O6S. The van der Waals surface area contributed by atoms with Crippen molar-refractivity contribution in [2.24, 2.45) is 0 Å². The summed E-state index contributed by atoms with van der Waals surface area (Å²) >= 11 is 13.7. The van der Waals surface area contributed by atoms with Crippen molar-refractivity contribution in [3.05, 3.63) is 169 Å². The van der Waals surface area contributed by atoms with E-state index in [9.17, 15) is 19.5 Å². The van der Waals surface area contributed by atoms with Gasteiger partial charge in [-0.3, -0.25) is 14.5 Å². The topological polar surface area (TPSA) is 141 Å². The van der Waals surface area contributed by atoms with Crippen LogP contribution in [0.15, 0.2) is 120 Å². The zero-order valence-electron chi connectivity index (χ0n) is 32.4. The summed E-state index contributed by atoms with van der Waals surface area (Å²) < 4.78 is 12.2. The molecule has 304 valence electrons. The van der Waals surface area contributed by atoms with E-state index in [0.29, 0.717) is 44.9 Å². The number of anilines is 1. The van der Waals surface area contributed by atoms with Crippen LogP contribution in [0.2, 0.25) is 10.0 Å². The third kappa shape index (κ3) is 9.73. The number of hydrogen-bond acceptors (Lipinski definition) is 8. The van der Waals surface area contributed by atoms with Crippen molar-refractivity contribution >= 4 is 58.0 Å². The molecule has 0 fully saturated rings. The summed E-state index contributed by atoms with van der Waals surface area (Å²) in [6, 6.07) is 32.9. The lowest BCUT2D eigenvalue weighted by Crippen LogP contribution is -2.54. The maximum absolute atomic E-state index is 14.1. The van der Waals surface area contributed by atoms with E-state index in [1.165, 1.54) is 0 Å². The van der Waals surface area contributed by atoms with Crippen LogP contribution in [0.4, 0.5) is 5.69 Å². The number of nitriles is 1. The van der Waals surface area contributed by atoms with Gasteiger partial charge in [-0.1, -0.05) is 89.6 Å². The van der Waals surface area contributed by atoms with E-state index in [-0.39, 0.29) is 31.9 Å². The van der Waals surface area contributed by atoms with E-state index in [1.54, 1.807) is 59.9 Å². The molecule has 3 heterocycles. The van der Waals surface area contributed by atoms with Crippen molar-refractivity contribution in [3.8, 4) is 40.5 Å². The Morgan fingerprint density at radius 1 is 0.918 bits per heavy atom. The van der Waals surface area contributed by atoms with Gasteiger partial charge in [-0.05, 0) is 99.8 Å². The molecule has 5 aromatic carbocycles. The van der Waals surface area contributed by atoms with E-state index in [0.717, 1.165) is 38.9 Å². The third-order valence-electron chi connectivity index (χ3n) is 10.5. The molecule has 1 unspecified atom stereocenters. The molecule has 8 rings (SSSR count). The summed E-state index contributed by atoms with van der Waals surface area (Å²) in [5, 5.41) is 30.0. The van der Waals surface area contributed by atoms with Crippen LogP contribution in [0.3, 0.4) is 0 Å². The Bertz CT molecular complexity index is 2710. The number of amides is 2. The number of aliphatic carboxylic acids is 1. The number of ether oxygens (including phenoxy) is 2. The minimum atomic E-state index is -1.19. The third-order valence-corrected chi connectivity index (χ3v) is 12.0. The highest BCUT2D eigenvalue weighted by atomic mass is 35.5. The molecule has 0 aliphatic carbocycles. The van der Waals surface area contributed by atoms with Gasteiger partial charge < -0.3 is 25.2 Å². The number of carboxylic acids is 1. The van der Waals surface area contributed by atoms with Crippen molar-refractivity contribution in [1.29, 1.82) is 5.26 Å². The first-order valence-electron chi connectivity index (χ1n) is 19.3. The van der Waals surface area contributed by atoms with E-state index in [2.05, 4.69) is 28.5 Å². The summed E-state index contributed by atoms with van der Waals surface area (Å²) in [5.74, 6) is 5.52. The Morgan fingerprint density at radius 2 is 1.66 bits per heavy atom. The van der Waals surface area contributed by atoms with Crippen LogP contribution >= 0.6 is 34.5 Å². The van der Waals surface area contributed by atoms with Crippen molar-refractivity contribution in [3.63, 3.8) is 0 Å². The molecule has 13 heteroatoms. The lowest BCUT2D eigenvalue weighted by Gasteiger charge is -2.36. The number of hydrogen-bond donors (Lipinski definition) is 3. The zero-order valence-corrected chi connectivity index (χ0v) is 34.7. The predicted molar refractivity (Wildman–Crippen MR) is 235 cm³/mol. The monoisotopic (exact) mass is 866 g/mol. The van der Waals surface area contributed by atoms with Gasteiger partial charge in [0.2, 0.25) is 12.0 Å². The minimum Gasteiger partial charge on any atom is -0.489 e. The molecule has 3 atom stereocenters. The molecule has 2 aliphatic heterocycles. The van der Waals surface area contributed by atoms with E-state index in [4.69, 9.17) is 37.9 Å². The Hall–Kier alpha value is -6.60. The van der Waals surface area contributed by atoms with Crippen molar-refractivity contribution in [2.75, 3.05) is 11.9 Å². The predicted octanol–water partition coefficient (Wildman–Crippen LogP) is 8.84. The first kappa shape index (κ1) is 41.1. The quantitative estimate of drug-likeness (QED) is 0.110. The summed E-state index contributed by atoms with van der Waals surface area (Å²) in [5.41, 5.74) is 7.73. The van der Waals surface area contributed by atoms with Gasteiger partial charge in [-0.25, -0.2) is 4.79 Å². The molecule has 2 aliphatic rings. The highest BCUT2D eigenvalue weighted by Gasteiger charge is 2.36. The van der Waals surface area contributed by atoms with Crippen LogP contribution in [0.1, 0.15) is 45.0 Å². The number of benzene rings is 5. The van der Waals surface area contributed by atoms with Gasteiger partial charge in [0.15, 0.2) is 0 Å². The van der Waals surface area contributed by atoms with Gasteiger partial charge in [0.05, 0.1) is 40.0 Å². The number of carboxylic acid groups (broad SMARTS) is 1. The van der Waals surface area contributed by atoms with Gasteiger partial charge in [0, 0.05) is 29.5 Å². The molecule has 61 heavy (non-hydrogen) atoms. The molecular weight excluding hydrogens is 832 g/mol. The first-order chi connectivity index (χ1) is 29.6. The second-order valence-electron chi connectivity index (χ2n) is 14.6. The molecule has 1 aromatic heterocycles. The summed E-state index contributed by atoms with van der Waals surface area (Å²) in [6.07, 6.45) is -0.587. The molecule has 6 aromatic rings. The fraction of sp³-hybridized carbons (Fsp3) is 0.167. The molecule has 0 bridgehead atoms. The van der Waals surface area contributed by atoms with E-state index >= 15 is 0 Å². The van der Waals surface area contributed by atoms with Gasteiger partial charge in [-0.15, -0.1) is 0 Å². The summed E-state index contributed by atoms with van der Waals surface area (Å²) in [6.45, 7) is 0.866. The number of nitrogens with one attached hydrogen (secondary N) is 2. The number of thiophene rings is 1. The molecule has 0 radical (unpaired) electrons. The Balaban J connectivity index is 0.973. The van der Waals surface area contributed by atoms with Crippen LogP contribution in [0, 0.1) is 23.2 Å². The second kappa shape index (κ2) is 18.3. The number of halogens is 2. The number of fused-ring (bicyclic) bond motifs is 2. The average Bonchev–Trinajstić information content (AvgIpc) is 3.80. The first-order valence-corrected chi connectivity index (χ1v) is 21.0. The molecule has 0 spiro atoms. The van der Waals surface area contributed by atoms with Crippen molar-refractivity contribution in [1.82, 2.24) is 10.2 Å². The van der Waals surface area contributed by atoms with Crippen molar-refractivity contribution in [2.45, 2.75) is 44.2 Å². The second-order valence-corrected chi connectivity index (χ2v) is 16.2. The summed E-state index contributed by atoms with van der Waals surface area (Å²) in [7, 11) is 0. The fourth-order valence-corrected chi connectivity index (χ4v) is 8.18. The van der Waals surface area contributed by atoms with E-state index in [1.807, 2.05) is 76.3 Å². The smallest absolute Gasteiger partial charge is 0.326 e.